The Morgan fingerprint density at radius 3 is 2.77 bits per heavy atom. The van der Waals surface area contributed by atoms with E-state index in [-0.39, 0.29) is 11.8 Å². The third kappa shape index (κ3) is 3.42. The Bertz CT molecular complexity index is 636. The molecule has 3 rings (SSSR count). The summed E-state index contributed by atoms with van der Waals surface area (Å²) in [6.45, 7) is 3.70. The largest absolute Gasteiger partial charge is 0.355 e. The quantitative estimate of drug-likeness (QED) is 0.946. The van der Waals surface area contributed by atoms with Gasteiger partial charge in [-0.3, -0.25) is 9.78 Å². The Balaban J connectivity index is 1.56. The number of rotatable bonds is 3. The number of hydrogen-bond acceptors (Lipinski definition) is 4. The van der Waals surface area contributed by atoms with Crippen molar-refractivity contribution in [2.45, 2.75) is 19.8 Å². The van der Waals surface area contributed by atoms with Crippen molar-refractivity contribution in [1.29, 1.82) is 0 Å². The molecule has 1 saturated heterocycles. The third-order valence-electron chi connectivity index (χ3n) is 4.02. The molecule has 1 aromatic heterocycles. The number of piperidine rings is 1. The molecule has 1 aliphatic rings. The van der Waals surface area contributed by atoms with Gasteiger partial charge in [-0.1, -0.05) is 12.1 Å². The van der Waals surface area contributed by atoms with Gasteiger partial charge in [-0.15, -0.1) is 0 Å². The maximum Gasteiger partial charge on any atom is 0.227 e. The molecule has 0 radical (unpaired) electrons. The Morgan fingerprint density at radius 1 is 1.27 bits per heavy atom. The molecule has 1 amide bonds. The number of carbonyl (C=O) groups is 1. The summed E-state index contributed by atoms with van der Waals surface area (Å²) in [6, 6.07) is 7.91. The van der Waals surface area contributed by atoms with Gasteiger partial charge in [0, 0.05) is 37.1 Å². The minimum absolute atomic E-state index is 0.0634. The maximum atomic E-state index is 12.4. The molecule has 0 bridgehead atoms. The highest BCUT2D eigenvalue weighted by Gasteiger charge is 2.25. The Morgan fingerprint density at radius 2 is 2.09 bits per heavy atom. The van der Waals surface area contributed by atoms with Crippen molar-refractivity contribution < 1.29 is 4.79 Å². The fraction of sp³-hybridized carbons (Fsp3) is 0.353. The third-order valence-corrected chi connectivity index (χ3v) is 4.02. The number of aryl methyl sites for hydroxylation is 1. The molecule has 1 N–H and O–H groups in total. The van der Waals surface area contributed by atoms with Crippen LogP contribution >= 0.6 is 0 Å². The van der Waals surface area contributed by atoms with Gasteiger partial charge < -0.3 is 10.2 Å². The maximum absolute atomic E-state index is 12.4. The Hall–Kier alpha value is -2.43. The molecule has 1 aromatic carbocycles. The fourth-order valence-corrected chi connectivity index (χ4v) is 2.79. The highest BCUT2D eigenvalue weighted by atomic mass is 16.1. The van der Waals surface area contributed by atoms with E-state index in [0.29, 0.717) is 0 Å². The van der Waals surface area contributed by atoms with E-state index in [1.165, 1.54) is 0 Å². The summed E-state index contributed by atoms with van der Waals surface area (Å²) in [5.41, 5.74) is 2.02. The van der Waals surface area contributed by atoms with E-state index in [2.05, 4.69) is 20.2 Å². The van der Waals surface area contributed by atoms with E-state index in [4.69, 9.17) is 0 Å². The first-order chi connectivity index (χ1) is 10.7. The minimum Gasteiger partial charge on any atom is -0.355 e. The van der Waals surface area contributed by atoms with Gasteiger partial charge in [0.05, 0.1) is 6.20 Å². The average molecular weight is 296 g/mol. The average Bonchev–Trinajstić information content (AvgIpc) is 2.56. The second kappa shape index (κ2) is 6.56. The summed E-state index contributed by atoms with van der Waals surface area (Å²) < 4.78 is 0. The summed E-state index contributed by atoms with van der Waals surface area (Å²) in [6.07, 6.45) is 6.83. The van der Waals surface area contributed by atoms with Crippen molar-refractivity contribution in [3.63, 3.8) is 0 Å². The Labute approximate surface area is 130 Å². The van der Waals surface area contributed by atoms with E-state index in [1.54, 1.807) is 18.6 Å². The molecule has 2 aromatic rings. The second-order valence-corrected chi connectivity index (χ2v) is 5.68. The van der Waals surface area contributed by atoms with Gasteiger partial charge in [0.1, 0.15) is 5.82 Å². The molecule has 0 atom stereocenters. The van der Waals surface area contributed by atoms with Crippen molar-refractivity contribution in [1.82, 2.24) is 9.97 Å². The van der Waals surface area contributed by atoms with Crippen molar-refractivity contribution in [3.8, 4) is 0 Å². The standard InChI is InChI=1S/C17H20N4O/c1-13-3-2-4-15(11-13)20-17(22)14-5-9-21(10-6-14)16-12-18-7-8-19-16/h2-4,7-8,11-12,14H,5-6,9-10H2,1H3,(H,20,22). The molecular weight excluding hydrogens is 276 g/mol. The highest BCUT2D eigenvalue weighted by molar-refractivity contribution is 5.92. The summed E-state index contributed by atoms with van der Waals surface area (Å²) in [5.74, 6) is 1.07. The number of benzene rings is 1. The molecule has 0 saturated carbocycles. The van der Waals surface area contributed by atoms with Crippen LogP contribution in [0.2, 0.25) is 0 Å². The van der Waals surface area contributed by atoms with E-state index >= 15 is 0 Å². The van der Waals surface area contributed by atoms with Crippen LogP contribution in [-0.4, -0.2) is 29.0 Å². The molecular formula is C17H20N4O. The van der Waals surface area contributed by atoms with Gasteiger partial charge in [-0.05, 0) is 37.5 Å². The van der Waals surface area contributed by atoms with Gasteiger partial charge >= 0.3 is 0 Å². The van der Waals surface area contributed by atoms with Crippen LogP contribution in [-0.2, 0) is 4.79 Å². The predicted molar refractivity (Wildman–Crippen MR) is 86.8 cm³/mol. The summed E-state index contributed by atoms with van der Waals surface area (Å²) >= 11 is 0. The molecule has 22 heavy (non-hydrogen) atoms. The second-order valence-electron chi connectivity index (χ2n) is 5.68. The normalized spacial score (nSPS) is 15.6. The molecule has 0 unspecified atom stereocenters. The molecule has 2 heterocycles. The fourth-order valence-electron chi connectivity index (χ4n) is 2.79. The lowest BCUT2D eigenvalue weighted by molar-refractivity contribution is -0.120. The van der Waals surface area contributed by atoms with Crippen LogP contribution in [0.4, 0.5) is 11.5 Å². The first kappa shape index (κ1) is 14.5. The molecule has 1 aliphatic heterocycles. The van der Waals surface area contributed by atoms with Crippen LogP contribution in [0.25, 0.3) is 0 Å². The van der Waals surface area contributed by atoms with Gasteiger partial charge in [-0.2, -0.15) is 0 Å². The number of carbonyl (C=O) groups excluding carboxylic acids is 1. The van der Waals surface area contributed by atoms with Gasteiger partial charge in [0.25, 0.3) is 0 Å². The molecule has 114 valence electrons. The van der Waals surface area contributed by atoms with Crippen LogP contribution in [0.1, 0.15) is 18.4 Å². The molecule has 1 fully saturated rings. The number of amides is 1. The molecule has 5 heteroatoms. The van der Waals surface area contributed by atoms with E-state index in [1.807, 2.05) is 31.2 Å². The van der Waals surface area contributed by atoms with E-state index < -0.39 is 0 Å². The van der Waals surface area contributed by atoms with Gasteiger partial charge in [0.2, 0.25) is 5.91 Å². The monoisotopic (exact) mass is 296 g/mol. The number of hydrogen-bond donors (Lipinski definition) is 1. The zero-order chi connectivity index (χ0) is 15.4. The number of anilines is 2. The summed E-state index contributed by atoms with van der Waals surface area (Å²) in [4.78, 5) is 23.0. The van der Waals surface area contributed by atoms with Gasteiger partial charge in [0.15, 0.2) is 0 Å². The first-order valence-electron chi connectivity index (χ1n) is 7.61. The zero-order valence-electron chi connectivity index (χ0n) is 12.7. The van der Waals surface area contributed by atoms with Gasteiger partial charge in [-0.25, -0.2) is 4.98 Å². The lowest BCUT2D eigenvalue weighted by Crippen LogP contribution is -2.38. The topological polar surface area (TPSA) is 58.1 Å². The summed E-state index contributed by atoms with van der Waals surface area (Å²) in [5, 5.41) is 3.02. The van der Waals surface area contributed by atoms with Crippen LogP contribution in [0.5, 0.6) is 0 Å². The molecule has 5 nitrogen and oxygen atoms in total. The van der Waals surface area contributed by atoms with Crippen LogP contribution < -0.4 is 10.2 Å². The van der Waals surface area contributed by atoms with Crippen molar-refractivity contribution >= 4 is 17.4 Å². The lowest BCUT2D eigenvalue weighted by Gasteiger charge is -2.31. The van der Waals surface area contributed by atoms with Crippen molar-refractivity contribution in [2.24, 2.45) is 5.92 Å². The lowest BCUT2D eigenvalue weighted by atomic mass is 9.96. The van der Waals surface area contributed by atoms with Crippen LogP contribution in [0.15, 0.2) is 42.9 Å². The summed E-state index contributed by atoms with van der Waals surface area (Å²) in [7, 11) is 0. The first-order valence-corrected chi connectivity index (χ1v) is 7.61. The van der Waals surface area contributed by atoms with Crippen molar-refractivity contribution in [3.05, 3.63) is 48.4 Å². The highest BCUT2D eigenvalue weighted by Crippen LogP contribution is 2.22. The SMILES string of the molecule is Cc1cccc(NC(=O)C2CCN(c3cnccn3)CC2)c1. The Kier molecular flexibility index (Phi) is 4.32. The number of nitrogens with zero attached hydrogens (tertiary/aromatic N) is 3. The number of aromatic nitrogens is 2. The molecule has 0 spiro atoms. The zero-order valence-corrected chi connectivity index (χ0v) is 12.7. The number of nitrogens with one attached hydrogen (secondary N) is 1. The van der Waals surface area contributed by atoms with E-state index in [9.17, 15) is 4.79 Å². The van der Waals surface area contributed by atoms with Crippen LogP contribution in [0, 0.1) is 12.8 Å². The predicted octanol–water partition coefficient (Wildman–Crippen LogP) is 2.64. The van der Waals surface area contributed by atoms with Crippen LogP contribution in [0.3, 0.4) is 0 Å². The van der Waals surface area contributed by atoms with E-state index in [0.717, 1.165) is 43.0 Å². The van der Waals surface area contributed by atoms with Crippen molar-refractivity contribution in [2.75, 3.05) is 23.3 Å². The minimum atomic E-state index is 0.0634. The smallest absolute Gasteiger partial charge is 0.227 e. The molecule has 0 aliphatic carbocycles.